The molecule has 102 valence electrons. The first kappa shape index (κ1) is 15.7. The van der Waals surface area contributed by atoms with Gasteiger partial charge in [0.2, 0.25) is 0 Å². The van der Waals surface area contributed by atoms with E-state index >= 15 is 0 Å². The monoisotopic (exact) mass is 339 g/mol. The Morgan fingerprint density at radius 2 is 2.17 bits per heavy atom. The van der Waals surface area contributed by atoms with Gasteiger partial charge in [-0.05, 0) is 24.5 Å². The van der Waals surface area contributed by atoms with Gasteiger partial charge in [-0.15, -0.1) is 0 Å². The fourth-order valence-corrected chi connectivity index (χ4v) is 2.08. The molecule has 0 heterocycles. The zero-order valence-corrected chi connectivity index (χ0v) is 12.7. The fourth-order valence-electron chi connectivity index (χ4n) is 1.39. The highest BCUT2D eigenvalue weighted by Crippen LogP contribution is 2.24. The fraction of sp³-hybridized carbons (Fsp3) is 0.500. The van der Waals surface area contributed by atoms with Crippen molar-refractivity contribution in [3.63, 3.8) is 0 Å². The first-order valence-electron chi connectivity index (χ1n) is 5.49. The molecule has 0 saturated carbocycles. The van der Waals surface area contributed by atoms with Crippen LogP contribution in [-0.2, 0) is 6.54 Å². The molecule has 1 atom stereocenters. The van der Waals surface area contributed by atoms with Crippen LogP contribution in [0, 0.1) is 0 Å². The molecule has 2 nitrogen and oxygen atoms in total. The Hall–Kier alpha value is -0.330. The molecule has 1 unspecified atom stereocenters. The molecule has 0 aliphatic heterocycles. The highest BCUT2D eigenvalue weighted by atomic mass is 79.9. The largest absolute Gasteiger partial charge is 0.434 e. The van der Waals surface area contributed by atoms with E-state index in [9.17, 15) is 8.78 Å². The first-order chi connectivity index (χ1) is 8.52. The van der Waals surface area contributed by atoms with Gasteiger partial charge in [-0.25, -0.2) is 0 Å². The third-order valence-corrected chi connectivity index (χ3v) is 3.85. The van der Waals surface area contributed by atoms with Crippen molar-refractivity contribution in [3.05, 3.63) is 28.2 Å². The van der Waals surface area contributed by atoms with Gasteiger partial charge in [-0.3, -0.25) is 0 Å². The van der Waals surface area contributed by atoms with Crippen LogP contribution in [-0.4, -0.2) is 24.7 Å². The zero-order chi connectivity index (χ0) is 13.5. The molecule has 18 heavy (non-hydrogen) atoms. The van der Waals surface area contributed by atoms with Crippen LogP contribution in [0.25, 0.3) is 0 Å². The van der Waals surface area contributed by atoms with Crippen LogP contribution in [0.2, 0.25) is 0 Å². The SMILES string of the molecule is CSC(C)CNCc1cc(Br)ccc1OC(F)F. The molecule has 6 heteroatoms. The standard InChI is InChI=1S/C12H16BrF2NOS/c1-8(18-2)6-16-7-9-5-10(13)3-4-11(9)17-12(14)15/h3-5,8,12,16H,6-7H2,1-2H3. The molecule has 0 amide bonds. The number of ether oxygens (including phenoxy) is 1. The lowest BCUT2D eigenvalue weighted by Gasteiger charge is -2.13. The van der Waals surface area contributed by atoms with Crippen LogP contribution < -0.4 is 10.1 Å². The van der Waals surface area contributed by atoms with E-state index in [0.717, 1.165) is 16.6 Å². The van der Waals surface area contributed by atoms with E-state index in [1.165, 1.54) is 0 Å². The van der Waals surface area contributed by atoms with Crippen LogP contribution in [0.15, 0.2) is 22.7 Å². The quantitative estimate of drug-likeness (QED) is 0.814. The molecule has 1 rings (SSSR count). The third kappa shape index (κ3) is 5.54. The normalized spacial score (nSPS) is 12.8. The Kier molecular flexibility index (Phi) is 6.96. The molecular formula is C12H16BrF2NOS. The van der Waals surface area contributed by atoms with Gasteiger partial charge in [-0.2, -0.15) is 20.5 Å². The number of benzene rings is 1. The summed E-state index contributed by atoms with van der Waals surface area (Å²) in [5.74, 6) is 0.220. The molecule has 0 spiro atoms. The molecular weight excluding hydrogens is 324 g/mol. The number of alkyl halides is 2. The van der Waals surface area contributed by atoms with Crippen molar-refractivity contribution in [2.24, 2.45) is 0 Å². The lowest BCUT2D eigenvalue weighted by molar-refractivity contribution is -0.0505. The highest BCUT2D eigenvalue weighted by molar-refractivity contribution is 9.10. The molecule has 0 fully saturated rings. The molecule has 1 aromatic rings. The minimum absolute atomic E-state index is 0.220. The van der Waals surface area contributed by atoms with Crippen molar-refractivity contribution >= 4 is 27.7 Å². The van der Waals surface area contributed by atoms with E-state index in [4.69, 9.17) is 0 Å². The van der Waals surface area contributed by atoms with Crippen LogP contribution in [0.3, 0.4) is 0 Å². The maximum Gasteiger partial charge on any atom is 0.387 e. The number of thioether (sulfide) groups is 1. The number of nitrogens with one attached hydrogen (secondary N) is 1. The highest BCUT2D eigenvalue weighted by Gasteiger charge is 2.10. The zero-order valence-electron chi connectivity index (χ0n) is 10.3. The number of hydrogen-bond acceptors (Lipinski definition) is 3. The number of rotatable bonds is 7. The minimum atomic E-state index is -2.80. The molecule has 1 aromatic carbocycles. The average Bonchev–Trinajstić information content (AvgIpc) is 2.31. The van der Waals surface area contributed by atoms with Crippen LogP contribution >= 0.6 is 27.7 Å². The second kappa shape index (κ2) is 7.96. The van der Waals surface area contributed by atoms with E-state index in [1.807, 2.05) is 6.26 Å². The predicted octanol–water partition coefficient (Wildman–Crippen LogP) is 3.89. The minimum Gasteiger partial charge on any atom is -0.434 e. The van der Waals surface area contributed by atoms with Gasteiger partial charge in [0.25, 0.3) is 0 Å². The van der Waals surface area contributed by atoms with Crippen LogP contribution in [0.5, 0.6) is 5.75 Å². The molecule has 0 saturated heterocycles. The van der Waals surface area contributed by atoms with Gasteiger partial charge < -0.3 is 10.1 Å². The van der Waals surface area contributed by atoms with Gasteiger partial charge in [-0.1, -0.05) is 22.9 Å². The number of halogens is 3. The van der Waals surface area contributed by atoms with Crippen molar-refractivity contribution in [3.8, 4) is 5.75 Å². The Morgan fingerprint density at radius 3 is 2.78 bits per heavy atom. The topological polar surface area (TPSA) is 21.3 Å². The lowest BCUT2D eigenvalue weighted by atomic mass is 10.2. The van der Waals surface area contributed by atoms with E-state index in [0.29, 0.717) is 11.8 Å². The van der Waals surface area contributed by atoms with Gasteiger partial charge in [0.15, 0.2) is 0 Å². The van der Waals surface area contributed by atoms with Crippen molar-refractivity contribution in [1.82, 2.24) is 5.32 Å². The number of hydrogen-bond donors (Lipinski definition) is 1. The van der Waals surface area contributed by atoms with E-state index < -0.39 is 6.61 Å². The van der Waals surface area contributed by atoms with Gasteiger partial charge in [0, 0.05) is 28.4 Å². The molecule has 0 aliphatic rings. The van der Waals surface area contributed by atoms with E-state index in [1.54, 1.807) is 30.0 Å². The summed E-state index contributed by atoms with van der Waals surface area (Å²) < 4.78 is 29.8. The summed E-state index contributed by atoms with van der Waals surface area (Å²) in [5, 5.41) is 3.71. The molecule has 0 bridgehead atoms. The second-order valence-corrected chi connectivity index (χ2v) is 6.00. The summed E-state index contributed by atoms with van der Waals surface area (Å²) in [6, 6.07) is 5.02. The summed E-state index contributed by atoms with van der Waals surface area (Å²) in [6.07, 6.45) is 2.04. The van der Waals surface area contributed by atoms with Gasteiger partial charge >= 0.3 is 6.61 Å². The molecule has 0 aromatic heterocycles. The van der Waals surface area contributed by atoms with Crippen LogP contribution in [0.1, 0.15) is 12.5 Å². The van der Waals surface area contributed by atoms with Crippen molar-refractivity contribution in [2.45, 2.75) is 25.3 Å². The summed E-state index contributed by atoms with van der Waals surface area (Å²) in [4.78, 5) is 0. The lowest BCUT2D eigenvalue weighted by Crippen LogP contribution is -2.22. The average molecular weight is 340 g/mol. The molecule has 0 radical (unpaired) electrons. The Balaban J connectivity index is 2.64. The predicted molar refractivity (Wildman–Crippen MR) is 75.5 cm³/mol. The Morgan fingerprint density at radius 1 is 1.44 bits per heavy atom. The summed E-state index contributed by atoms with van der Waals surface area (Å²) in [7, 11) is 0. The summed E-state index contributed by atoms with van der Waals surface area (Å²) >= 11 is 5.08. The second-order valence-electron chi connectivity index (χ2n) is 3.81. The van der Waals surface area contributed by atoms with E-state index in [2.05, 4.69) is 32.9 Å². The van der Waals surface area contributed by atoms with Gasteiger partial charge in [0.05, 0.1) is 0 Å². The van der Waals surface area contributed by atoms with Crippen molar-refractivity contribution < 1.29 is 13.5 Å². The Labute approximate surface area is 119 Å². The molecule has 0 aliphatic carbocycles. The maximum absolute atomic E-state index is 12.2. The van der Waals surface area contributed by atoms with Crippen LogP contribution in [0.4, 0.5) is 8.78 Å². The third-order valence-electron chi connectivity index (χ3n) is 2.39. The van der Waals surface area contributed by atoms with Gasteiger partial charge in [0.1, 0.15) is 5.75 Å². The maximum atomic E-state index is 12.2. The summed E-state index contributed by atoms with van der Waals surface area (Å²) in [5.41, 5.74) is 0.720. The Bertz CT molecular complexity index is 379. The smallest absolute Gasteiger partial charge is 0.387 e. The first-order valence-corrected chi connectivity index (χ1v) is 7.57. The molecule has 1 N–H and O–H groups in total. The summed E-state index contributed by atoms with van der Waals surface area (Å²) in [6.45, 7) is 0.638. The van der Waals surface area contributed by atoms with Crippen molar-refractivity contribution in [2.75, 3.05) is 12.8 Å². The van der Waals surface area contributed by atoms with E-state index in [-0.39, 0.29) is 5.75 Å². The van der Waals surface area contributed by atoms with Crippen molar-refractivity contribution in [1.29, 1.82) is 0 Å².